The Morgan fingerprint density at radius 2 is 1.94 bits per heavy atom. The second kappa shape index (κ2) is 8.67. The van der Waals surface area contributed by atoms with Crippen LogP contribution in [0.1, 0.15) is 38.4 Å². The zero-order chi connectivity index (χ0) is 23.4. The first-order valence-electron chi connectivity index (χ1n) is 10.8. The third kappa shape index (κ3) is 4.62. The minimum atomic E-state index is -2.93. The average molecular weight is 515 g/mol. The molecule has 0 aromatic carbocycles. The molecule has 0 unspecified atom stereocenters. The molecule has 3 N–H and O–H groups in total. The zero-order valence-electron chi connectivity index (χ0n) is 18.1. The van der Waals surface area contributed by atoms with E-state index in [9.17, 15) is 8.78 Å². The Bertz CT molecular complexity index is 1110. The first kappa shape index (κ1) is 23.3. The van der Waals surface area contributed by atoms with Gasteiger partial charge in [-0.05, 0) is 62.4 Å². The van der Waals surface area contributed by atoms with Gasteiger partial charge < -0.3 is 9.64 Å². The van der Waals surface area contributed by atoms with Crippen LogP contribution in [0.3, 0.4) is 0 Å². The van der Waals surface area contributed by atoms with Crippen LogP contribution in [0.15, 0.2) is 17.2 Å². The Morgan fingerprint density at radius 1 is 1.24 bits per heavy atom. The van der Waals surface area contributed by atoms with Crippen molar-refractivity contribution < 1.29 is 13.5 Å². The quantitative estimate of drug-likeness (QED) is 0.284. The number of piperidine rings is 1. The molecule has 0 bridgehead atoms. The first-order valence-corrected chi connectivity index (χ1v) is 12.8. The van der Waals surface area contributed by atoms with Crippen molar-refractivity contribution in [2.45, 2.75) is 49.5 Å². The monoisotopic (exact) mass is 514 g/mol. The molecule has 4 heterocycles. The Labute approximate surface area is 204 Å². The minimum Gasteiger partial charge on any atom is -0.380 e. The van der Waals surface area contributed by atoms with Gasteiger partial charge in [0.2, 0.25) is 0 Å². The van der Waals surface area contributed by atoms with Gasteiger partial charge in [-0.3, -0.25) is 19.9 Å². The number of anilines is 1. The molecule has 3 aliphatic rings. The molecular formula is C21H25ClF2N6OS2. The van der Waals surface area contributed by atoms with Gasteiger partial charge in [-0.1, -0.05) is 11.6 Å². The van der Waals surface area contributed by atoms with Gasteiger partial charge in [0.25, 0.3) is 6.43 Å². The number of hydrogen-bond donors (Lipinski definition) is 3. The molecule has 1 saturated carbocycles. The normalized spacial score (nSPS) is 20.9. The minimum absolute atomic E-state index is 0.117. The molecule has 12 heteroatoms. The summed E-state index contributed by atoms with van der Waals surface area (Å²) >= 11 is 8.46. The summed E-state index contributed by atoms with van der Waals surface area (Å²) in [6.45, 7) is 5.52. The van der Waals surface area contributed by atoms with Crippen LogP contribution in [0.2, 0.25) is 5.15 Å². The van der Waals surface area contributed by atoms with Crippen LogP contribution < -0.4 is 9.62 Å². The number of aromatic nitrogens is 2. The topological polar surface area (TPSA) is 89.5 Å². The van der Waals surface area contributed by atoms with Gasteiger partial charge in [-0.2, -0.15) is 0 Å². The summed E-state index contributed by atoms with van der Waals surface area (Å²) in [6, 6.07) is 2.09. The standard InChI is InChI=1S/C21H25ClF2N6OS2/c1-20(2-3-20)28-33-12-8-13(29-6-4-21(5-7-29)10-31-11-21)14-15(22)27-19(30(14)9-12)18(26)32-17(25)16(23)24/h8-9,16,25-26,28H,2-7,10-11H2,1H3. The summed E-state index contributed by atoms with van der Waals surface area (Å²) in [6.07, 6.45) is 3.20. The third-order valence-corrected chi connectivity index (χ3v) is 8.76. The molecule has 178 valence electrons. The Kier molecular flexibility index (Phi) is 6.14. The number of ether oxygens (including phenoxy) is 1. The SMILES string of the molecule is CC1(NSc2cc(N3CCC4(CC3)COC4)c3c(Cl)nc(C(=N)SC(=N)C(F)F)n3c2)CC1. The molecule has 2 aromatic rings. The lowest BCUT2D eigenvalue weighted by Gasteiger charge is -2.48. The van der Waals surface area contributed by atoms with Crippen molar-refractivity contribution in [2.75, 3.05) is 31.2 Å². The molecule has 2 saturated heterocycles. The second-order valence-corrected chi connectivity index (χ2v) is 11.6. The second-order valence-electron chi connectivity index (χ2n) is 9.35. The van der Waals surface area contributed by atoms with Gasteiger partial charge >= 0.3 is 0 Å². The van der Waals surface area contributed by atoms with E-state index in [1.807, 2.05) is 6.20 Å². The van der Waals surface area contributed by atoms with Gasteiger partial charge in [-0.25, -0.2) is 13.8 Å². The maximum Gasteiger partial charge on any atom is 0.285 e. The highest BCUT2D eigenvalue weighted by Gasteiger charge is 2.42. The van der Waals surface area contributed by atoms with E-state index in [-0.39, 0.29) is 27.0 Å². The number of halogens is 3. The van der Waals surface area contributed by atoms with Crippen LogP contribution in [0.25, 0.3) is 5.52 Å². The number of thioether (sulfide) groups is 1. The predicted octanol–water partition coefficient (Wildman–Crippen LogP) is 5.05. The lowest BCUT2D eigenvalue weighted by Crippen LogP contribution is -2.51. The van der Waals surface area contributed by atoms with Crippen LogP contribution in [0, 0.1) is 16.2 Å². The average Bonchev–Trinajstić information content (AvgIpc) is 3.41. The van der Waals surface area contributed by atoms with Crippen molar-refractivity contribution in [3.63, 3.8) is 0 Å². The van der Waals surface area contributed by atoms with Gasteiger partial charge in [0.05, 0.1) is 18.9 Å². The molecule has 7 nitrogen and oxygen atoms in total. The van der Waals surface area contributed by atoms with Crippen molar-refractivity contribution in [1.82, 2.24) is 14.1 Å². The van der Waals surface area contributed by atoms with E-state index in [0.717, 1.165) is 62.6 Å². The Morgan fingerprint density at radius 3 is 2.52 bits per heavy atom. The molecule has 3 fully saturated rings. The highest BCUT2D eigenvalue weighted by atomic mass is 35.5. The van der Waals surface area contributed by atoms with E-state index in [1.165, 1.54) is 11.9 Å². The molecule has 33 heavy (non-hydrogen) atoms. The zero-order valence-corrected chi connectivity index (χ0v) is 20.5. The first-order chi connectivity index (χ1) is 15.7. The summed E-state index contributed by atoms with van der Waals surface area (Å²) in [5.41, 5.74) is 1.98. The summed E-state index contributed by atoms with van der Waals surface area (Å²) < 4.78 is 36.4. The van der Waals surface area contributed by atoms with E-state index >= 15 is 0 Å². The van der Waals surface area contributed by atoms with E-state index < -0.39 is 11.5 Å². The lowest BCUT2D eigenvalue weighted by atomic mass is 9.77. The smallest absolute Gasteiger partial charge is 0.285 e. The van der Waals surface area contributed by atoms with Gasteiger partial charge in [-0.15, -0.1) is 0 Å². The van der Waals surface area contributed by atoms with Gasteiger partial charge in [0.1, 0.15) is 15.6 Å². The maximum absolute atomic E-state index is 12.9. The van der Waals surface area contributed by atoms with Crippen LogP contribution in [0.4, 0.5) is 14.5 Å². The summed E-state index contributed by atoms with van der Waals surface area (Å²) in [5.74, 6) is 0.160. The highest BCUT2D eigenvalue weighted by Crippen LogP contribution is 2.43. The summed E-state index contributed by atoms with van der Waals surface area (Å²) in [4.78, 5) is 7.56. The van der Waals surface area contributed by atoms with E-state index in [1.54, 1.807) is 4.40 Å². The molecule has 1 spiro atoms. The fraction of sp³-hybridized carbons (Fsp3) is 0.571. The molecular weight excluding hydrogens is 490 g/mol. The molecule has 0 amide bonds. The van der Waals surface area contributed by atoms with Gasteiger partial charge in [0.15, 0.2) is 11.0 Å². The van der Waals surface area contributed by atoms with Crippen LogP contribution in [-0.4, -0.2) is 57.7 Å². The molecule has 1 aliphatic carbocycles. The van der Waals surface area contributed by atoms with Crippen LogP contribution in [-0.2, 0) is 4.74 Å². The van der Waals surface area contributed by atoms with Crippen molar-refractivity contribution in [3.8, 4) is 0 Å². The Hall–Kier alpha value is -1.40. The largest absolute Gasteiger partial charge is 0.380 e. The molecule has 5 rings (SSSR count). The number of pyridine rings is 1. The fourth-order valence-corrected chi connectivity index (χ4v) is 5.87. The van der Waals surface area contributed by atoms with E-state index in [2.05, 4.69) is 27.6 Å². The number of rotatable bonds is 6. The number of imidazole rings is 1. The number of fused-ring (bicyclic) bond motifs is 1. The molecule has 2 aromatic heterocycles. The number of nitrogens with zero attached hydrogens (tertiary/aromatic N) is 3. The number of nitrogens with one attached hydrogen (secondary N) is 3. The van der Waals surface area contributed by atoms with Crippen molar-refractivity contribution in [1.29, 1.82) is 10.8 Å². The molecule has 2 aliphatic heterocycles. The predicted molar refractivity (Wildman–Crippen MR) is 130 cm³/mol. The lowest BCUT2D eigenvalue weighted by molar-refractivity contribution is -0.124. The molecule has 0 atom stereocenters. The van der Waals surface area contributed by atoms with Crippen LogP contribution in [0.5, 0.6) is 0 Å². The van der Waals surface area contributed by atoms with Gasteiger partial charge in [0, 0.05) is 35.1 Å². The third-order valence-electron chi connectivity index (χ3n) is 6.66. The highest BCUT2D eigenvalue weighted by molar-refractivity contribution is 8.26. The van der Waals surface area contributed by atoms with E-state index in [4.69, 9.17) is 27.2 Å². The van der Waals surface area contributed by atoms with Crippen molar-refractivity contribution in [3.05, 3.63) is 23.2 Å². The number of hydrogen-bond acceptors (Lipinski definition) is 8. The maximum atomic E-state index is 12.9. The molecule has 0 radical (unpaired) electrons. The van der Waals surface area contributed by atoms with Crippen LogP contribution >= 0.6 is 35.3 Å². The number of alkyl halides is 2. The van der Waals surface area contributed by atoms with Crippen molar-refractivity contribution in [2.24, 2.45) is 5.41 Å². The summed E-state index contributed by atoms with van der Waals surface area (Å²) in [7, 11) is 0. The summed E-state index contributed by atoms with van der Waals surface area (Å²) in [5, 5.41) is 14.9. The Balaban J connectivity index is 1.50. The van der Waals surface area contributed by atoms with Crippen molar-refractivity contribution >= 4 is 56.6 Å². The van der Waals surface area contributed by atoms with E-state index in [0.29, 0.717) is 17.3 Å². The fourth-order valence-electron chi connectivity index (χ4n) is 4.16.